The maximum atomic E-state index is 6.00. The molecular formula is C12H14Cl2N4O. The van der Waals surface area contributed by atoms with Gasteiger partial charge >= 0.3 is 0 Å². The van der Waals surface area contributed by atoms with Gasteiger partial charge < -0.3 is 10.5 Å². The van der Waals surface area contributed by atoms with Crippen molar-refractivity contribution in [2.24, 2.45) is 5.73 Å². The van der Waals surface area contributed by atoms with Gasteiger partial charge in [-0.15, -0.1) is 5.10 Å². The largest absolute Gasteiger partial charge is 0.490 e. The molecule has 2 rings (SSSR count). The summed E-state index contributed by atoms with van der Waals surface area (Å²) < 4.78 is 7.24. The number of nitrogens with two attached hydrogens (primary N) is 1. The van der Waals surface area contributed by atoms with Crippen molar-refractivity contribution >= 4 is 23.2 Å². The average molecular weight is 301 g/mol. The molecule has 19 heavy (non-hydrogen) atoms. The third-order valence-electron chi connectivity index (χ3n) is 2.49. The predicted octanol–water partition coefficient (Wildman–Crippen LogP) is 2.68. The Kier molecular flexibility index (Phi) is 4.63. The summed E-state index contributed by atoms with van der Waals surface area (Å²) in [7, 11) is 0. The van der Waals surface area contributed by atoms with E-state index in [9.17, 15) is 0 Å². The SMILES string of the molecule is CC(N)c1cn(CCOc2ccc(Cl)cc2Cl)nn1. The smallest absolute Gasteiger partial charge is 0.138 e. The van der Waals surface area contributed by atoms with Crippen molar-refractivity contribution in [1.82, 2.24) is 15.0 Å². The second-order valence-corrected chi connectivity index (χ2v) is 4.96. The van der Waals surface area contributed by atoms with Gasteiger partial charge in [-0.1, -0.05) is 28.4 Å². The van der Waals surface area contributed by atoms with Crippen LogP contribution >= 0.6 is 23.2 Å². The van der Waals surface area contributed by atoms with Gasteiger partial charge in [0.2, 0.25) is 0 Å². The van der Waals surface area contributed by atoms with E-state index in [0.29, 0.717) is 28.9 Å². The second kappa shape index (κ2) is 6.23. The fraction of sp³-hybridized carbons (Fsp3) is 0.333. The van der Waals surface area contributed by atoms with Gasteiger partial charge in [-0.2, -0.15) is 0 Å². The standard InChI is InChI=1S/C12H14Cl2N4O/c1-8(15)11-7-18(17-16-11)4-5-19-12-3-2-9(13)6-10(12)14/h2-3,6-8H,4-5,15H2,1H3. The van der Waals surface area contributed by atoms with E-state index in [0.717, 1.165) is 5.69 Å². The number of nitrogens with zero attached hydrogens (tertiary/aromatic N) is 3. The first kappa shape index (κ1) is 14.1. The van der Waals surface area contributed by atoms with Crippen molar-refractivity contribution in [1.29, 1.82) is 0 Å². The summed E-state index contributed by atoms with van der Waals surface area (Å²) >= 11 is 11.8. The summed E-state index contributed by atoms with van der Waals surface area (Å²) in [6, 6.07) is 4.98. The van der Waals surface area contributed by atoms with E-state index in [4.69, 9.17) is 33.7 Å². The van der Waals surface area contributed by atoms with E-state index >= 15 is 0 Å². The highest BCUT2D eigenvalue weighted by Gasteiger charge is 2.06. The molecular weight excluding hydrogens is 287 g/mol. The molecule has 5 nitrogen and oxygen atoms in total. The molecule has 2 aromatic rings. The van der Waals surface area contributed by atoms with Gasteiger partial charge in [-0.3, -0.25) is 0 Å². The van der Waals surface area contributed by atoms with Crippen LogP contribution in [0.15, 0.2) is 24.4 Å². The molecule has 1 heterocycles. The summed E-state index contributed by atoms with van der Waals surface area (Å²) in [5.74, 6) is 0.596. The van der Waals surface area contributed by atoms with E-state index < -0.39 is 0 Å². The molecule has 102 valence electrons. The van der Waals surface area contributed by atoms with Crippen LogP contribution in [-0.4, -0.2) is 21.6 Å². The van der Waals surface area contributed by atoms with Crippen LogP contribution in [0.5, 0.6) is 5.75 Å². The fourth-order valence-corrected chi connectivity index (χ4v) is 1.94. The lowest BCUT2D eigenvalue weighted by Gasteiger charge is -2.07. The minimum Gasteiger partial charge on any atom is -0.490 e. The van der Waals surface area contributed by atoms with Crippen LogP contribution in [-0.2, 0) is 6.54 Å². The van der Waals surface area contributed by atoms with Gasteiger partial charge in [0.05, 0.1) is 23.5 Å². The van der Waals surface area contributed by atoms with Crippen molar-refractivity contribution < 1.29 is 4.74 Å². The monoisotopic (exact) mass is 300 g/mol. The third-order valence-corrected chi connectivity index (χ3v) is 3.03. The van der Waals surface area contributed by atoms with Crippen LogP contribution in [0.25, 0.3) is 0 Å². The van der Waals surface area contributed by atoms with Crippen LogP contribution < -0.4 is 10.5 Å². The van der Waals surface area contributed by atoms with Crippen molar-refractivity contribution in [2.45, 2.75) is 19.5 Å². The molecule has 0 fully saturated rings. The minimum absolute atomic E-state index is 0.125. The molecule has 0 saturated carbocycles. The molecule has 2 N–H and O–H groups in total. The van der Waals surface area contributed by atoms with Gasteiger partial charge in [0.25, 0.3) is 0 Å². The van der Waals surface area contributed by atoms with Gasteiger partial charge in [0.15, 0.2) is 0 Å². The normalized spacial score (nSPS) is 12.4. The zero-order chi connectivity index (χ0) is 13.8. The molecule has 0 bridgehead atoms. The number of benzene rings is 1. The molecule has 0 aliphatic rings. The third kappa shape index (κ3) is 3.83. The minimum atomic E-state index is -0.125. The van der Waals surface area contributed by atoms with Crippen LogP contribution in [0.2, 0.25) is 10.0 Å². The van der Waals surface area contributed by atoms with Crippen molar-refractivity contribution in [2.75, 3.05) is 6.61 Å². The first-order valence-electron chi connectivity index (χ1n) is 5.79. The fourth-order valence-electron chi connectivity index (χ4n) is 1.47. The number of hydrogen-bond donors (Lipinski definition) is 1. The summed E-state index contributed by atoms with van der Waals surface area (Å²) in [5, 5.41) is 8.98. The Morgan fingerprint density at radius 1 is 1.42 bits per heavy atom. The maximum absolute atomic E-state index is 6.00. The van der Waals surface area contributed by atoms with Crippen molar-refractivity contribution in [3.8, 4) is 5.75 Å². The van der Waals surface area contributed by atoms with Crippen molar-refractivity contribution in [3.05, 3.63) is 40.1 Å². The lowest BCUT2D eigenvalue weighted by atomic mass is 10.3. The number of ether oxygens (including phenoxy) is 1. The molecule has 0 spiro atoms. The lowest BCUT2D eigenvalue weighted by molar-refractivity contribution is 0.290. The van der Waals surface area contributed by atoms with E-state index in [-0.39, 0.29) is 6.04 Å². The molecule has 1 aromatic heterocycles. The van der Waals surface area contributed by atoms with Gasteiger partial charge in [0, 0.05) is 11.1 Å². The number of hydrogen-bond acceptors (Lipinski definition) is 4. The Morgan fingerprint density at radius 3 is 2.84 bits per heavy atom. The zero-order valence-electron chi connectivity index (χ0n) is 10.4. The number of rotatable bonds is 5. The summed E-state index contributed by atoms with van der Waals surface area (Å²) in [4.78, 5) is 0. The van der Waals surface area contributed by atoms with E-state index in [2.05, 4.69) is 10.3 Å². The first-order chi connectivity index (χ1) is 9.06. The summed E-state index contributed by atoms with van der Waals surface area (Å²) in [6.07, 6.45) is 1.80. The highest BCUT2D eigenvalue weighted by Crippen LogP contribution is 2.27. The quantitative estimate of drug-likeness (QED) is 0.922. The van der Waals surface area contributed by atoms with Crippen LogP contribution in [0, 0.1) is 0 Å². The molecule has 0 aliphatic heterocycles. The van der Waals surface area contributed by atoms with E-state index in [1.165, 1.54) is 0 Å². The Labute approximate surface area is 121 Å². The average Bonchev–Trinajstić information content (AvgIpc) is 2.81. The first-order valence-corrected chi connectivity index (χ1v) is 6.55. The highest BCUT2D eigenvalue weighted by molar-refractivity contribution is 6.35. The van der Waals surface area contributed by atoms with Gasteiger partial charge in [-0.05, 0) is 25.1 Å². The Morgan fingerprint density at radius 2 is 2.21 bits per heavy atom. The highest BCUT2D eigenvalue weighted by atomic mass is 35.5. The second-order valence-electron chi connectivity index (χ2n) is 4.12. The summed E-state index contributed by atoms with van der Waals surface area (Å²) in [6.45, 7) is 2.86. The van der Waals surface area contributed by atoms with Gasteiger partial charge in [0.1, 0.15) is 12.4 Å². The van der Waals surface area contributed by atoms with E-state index in [1.807, 2.05) is 6.92 Å². The Balaban J connectivity index is 1.89. The van der Waals surface area contributed by atoms with Crippen LogP contribution in [0.1, 0.15) is 18.7 Å². The predicted molar refractivity (Wildman–Crippen MR) is 74.6 cm³/mol. The zero-order valence-corrected chi connectivity index (χ0v) is 11.9. The topological polar surface area (TPSA) is 66.0 Å². The molecule has 0 saturated heterocycles. The van der Waals surface area contributed by atoms with Crippen molar-refractivity contribution in [3.63, 3.8) is 0 Å². The van der Waals surface area contributed by atoms with Crippen LogP contribution in [0.3, 0.4) is 0 Å². The molecule has 1 atom stereocenters. The Hall–Kier alpha value is -1.30. The van der Waals surface area contributed by atoms with Crippen LogP contribution in [0.4, 0.5) is 0 Å². The molecule has 0 amide bonds. The number of aromatic nitrogens is 3. The molecule has 7 heteroatoms. The molecule has 0 radical (unpaired) electrons. The number of halogens is 2. The molecule has 1 unspecified atom stereocenters. The molecule has 1 aromatic carbocycles. The molecule has 0 aliphatic carbocycles. The maximum Gasteiger partial charge on any atom is 0.138 e. The Bertz CT molecular complexity index is 556. The lowest BCUT2D eigenvalue weighted by Crippen LogP contribution is -2.09. The van der Waals surface area contributed by atoms with Gasteiger partial charge in [-0.25, -0.2) is 4.68 Å². The van der Waals surface area contributed by atoms with E-state index in [1.54, 1.807) is 29.1 Å². The summed E-state index contributed by atoms with van der Waals surface area (Å²) in [5.41, 5.74) is 6.46.